The van der Waals surface area contributed by atoms with Gasteiger partial charge in [-0.3, -0.25) is 13.9 Å². The van der Waals surface area contributed by atoms with Gasteiger partial charge in [0.15, 0.2) is 0 Å². The van der Waals surface area contributed by atoms with Gasteiger partial charge >= 0.3 is 0 Å². The second kappa shape index (κ2) is 14.7. The fraction of sp³-hybridized carbons (Fsp3) is 0.355. The number of aryl methyl sites for hydroxylation is 1. The summed E-state index contributed by atoms with van der Waals surface area (Å²) >= 11 is 12.6. The molecule has 2 amide bonds. The number of carbonyl (C=O) groups excluding carboxylic acids is 2. The fourth-order valence-electron chi connectivity index (χ4n) is 4.48. The van der Waals surface area contributed by atoms with Crippen molar-refractivity contribution in [2.45, 2.75) is 58.7 Å². The number of hydrogen-bond acceptors (Lipinski definition) is 4. The van der Waals surface area contributed by atoms with Crippen LogP contribution < -0.4 is 9.62 Å². The third kappa shape index (κ3) is 9.76. The molecule has 1 N–H and O–H groups in total. The number of carbonyl (C=O) groups is 2. The Morgan fingerprint density at radius 2 is 1.61 bits per heavy atom. The van der Waals surface area contributed by atoms with Crippen molar-refractivity contribution >= 4 is 50.7 Å². The highest BCUT2D eigenvalue weighted by molar-refractivity contribution is 7.92. The summed E-state index contributed by atoms with van der Waals surface area (Å²) in [5, 5.41) is 3.81. The summed E-state index contributed by atoms with van der Waals surface area (Å²) in [5.74, 6) is -0.562. The molecule has 0 heterocycles. The molecule has 7 nitrogen and oxygen atoms in total. The summed E-state index contributed by atoms with van der Waals surface area (Å²) in [5.41, 5.74) is 3.10. The van der Waals surface area contributed by atoms with Crippen molar-refractivity contribution in [3.8, 4) is 0 Å². The molecule has 41 heavy (non-hydrogen) atoms. The van der Waals surface area contributed by atoms with Gasteiger partial charge in [0.2, 0.25) is 21.8 Å². The summed E-state index contributed by atoms with van der Waals surface area (Å²) in [6.45, 7) is 5.86. The number of amides is 2. The van der Waals surface area contributed by atoms with Crippen LogP contribution in [-0.2, 0) is 32.6 Å². The van der Waals surface area contributed by atoms with Crippen molar-refractivity contribution in [2.24, 2.45) is 0 Å². The molecule has 0 saturated carbocycles. The Bertz CT molecular complexity index is 1430. The van der Waals surface area contributed by atoms with Crippen LogP contribution in [0.3, 0.4) is 0 Å². The molecular formula is C31H37Cl2N3O4S. The van der Waals surface area contributed by atoms with Gasteiger partial charge in [-0.2, -0.15) is 0 Å². The zero-order valence-corrected chi connectivity index (χ0v) is 26.1. The van der Waals surface area contributed by atoms with Crippen LogP contribution in [0.15, 0.2) is 72.8 Å². The van der Waals surface area contributed by atoms with Gasteiger partial charge < -0.3 is 10.2 Å². The smallest absolute Gasteiger partial charge is 0.243 e. The van der Waals surface area contributed by atoms with Gasteiger partial charge in [0.25, 0.3) is 0 Å². The van der Waals surface area contributed by atoms with Gasteiger partial charge in [0.1, 0.15) is 6.04 Å². The van der Waals surface area contributed by atoms with Gasteiger partial charge in [-0.1, -0.05) is 77.3 Å². The number of halogens is 2. The highest BCUT2D eigenvalue weighted by Gasteiger charge is 2.31. The standard InChI is InChI=1S/C31H37Cl2N3O4S/c1-22(2)34-31(38)29(19-24-9-6-5-7-10-24)35(21-25-14-15-26(32)20-28(25)33)30(37)11-8-18-36(41(4,39)40)27-16-12-23(3)13-17-27/h5-7,9-10,12-17,20,22,29H,8,11,18-19,21H2,1-4H3,(H,34,38)/t29-/m1/s1. The van der Waals surface area contributed by atoms with Crippen LogP contribution in [-0.4, -0.2) is 50.0 Å². The van der Waals surface area contributed by atoms with Gasteiger partial charge in [-0.15, -0.1) is 0 Å². The van der Waals surface area contributed by atoms with Crippen molar-refractivity contribution < 1.29 is 18.0 Å². The van der Waals surface area contributed by atoms with E-state index >= 15 is 0 Å². The van der Waals surface area contributed by atoms with Crippen LogP contribution in [0.5, 0.6) is 0 Å². The van der Waals surface area contributed by atoms with E-state index in [1.807, 2.05) is 63.2 Å². The minimum Gasteiger partial charge on any atom is -0.352 e. The number of rotatable bonds is 13. The number of benzene rings is 3. The van der Waals surface area contributed by atoms with E-state index in [2.05, 4.69) is 5.32 Å². The van der Waals surface area contributed by atoms with Crippen molar-refractivity contribution in [2.75, 3.05) is 17.1 Å². The maximum atomic E-state index is 13.9. The Hall–Kier alpha value is -3.07. The molecule has 0 radical (unpaired) electrons. The lowest BCUT2D eigenvalue weighted by atomic mass is 10.0. The van der Waals surface area contributed by atoms with Gasteiger partial charge in [-0.25, -0.2) is 8.42 Å². The first-order valence-corrected chi connectivity index (χ1v) is 16.1. The van der Waals surface area contributed by atoms with Gasteiger partial charge in [0.05, 0.1) is 11.9 Å². The van der Waals surface area contributed by atoms with E-state index in [9.17, 15) is 18.0 Å². The number of anilines is 1. The highest BCUT2D eigenvalue weighted by Crippen LogP contribution is 2.25. The molecule has 0 bridgehead atoms. The summed E-state index contributed by atoms with van der Waals surface area (Å²) in [6.07, 6.45) is 1.74. The Kier molecular flexibility index (Phi) is 11.6. The maximum Gasteiger partial charge on any atom is 0.243 e. The second-order valence-corrected chi connectivity index (χ2v) is 13.2. The van der Waals surface area contributed by atoms with Gasteiger partial charge in [0, 0.05) is 42.0 Å². The zero-order valence-electron chi connectivity index (χ0n) is 23.8. The van der Waals surface area contributed by atoms with Crippen molar-refractivity contribution in [1.82, 2.24) is 10.2 Å². The molecule has 3 rings (SSSR count). The first-order valence-electron chi connectivity index (χ1n) is 13.5. The Labute approximate surface area is 253 Å². The van der Waals surface area contributed by atoms with Crippen LogP contribution in [0.2, 0.25) is 10.0 Å². The molecule has 0 saturated heterocycles. The van der Waals surface area contributed by atoms with Crippen molar-refractivity contribution in [3.05, 3.63) is 99.5 Å². The van der Waals surface area contributed by atoms with E-state index in [0.29, 0.717) is 27.7 Å². The van der Waals surface area contributed by atoms with Crippen molar-refractivity contribution in [1.29, 1.82) is 0 Å². The number of hydrogen-bond donors (Lipinski definition) is 1. The Morgan fingerprint density at radius 1 is 0.951 bits per heavy atom. The lowest BCUT2D eigenvalue weighted by Gasteiger charge is -2.32. The van der Waals surface area contributed by atoms with Crippen LogP contribution >= 0.6 is 23.2 Å². The van der Waals surface area contributed by atoms with Crippen LogP contribution in [0.25, 0.3) is 0 Å². The molecule has 0 unspecified atom stereocenters. The van der Waals surface area contributed by atoms with E-state index in [4.69, 9.17) is 23.2 Å². The van der Waals surface area contributed by atoms with E-state index in [0.717, 1.165) is 17.4 Å². The Morgan fingerprint density at radius 3 is 2.20 bits per heavy atom. The Balaban J connectivity index is 1.90. The van der Waals surface area contributed by atoms with E-state index < -0.39 is 16.1 Å². The summed E-state index contributed by atoms with van der Waals surface area (Å²) < 4.78 is 26.5. The first-order chi connectivity index (χ1) is 19.3. The zero-order chi connectivity index (χ0) is 30.2. The summed E-state index contributed by atoms with van der Waals surface area (Å²) in [6, 6.07) is 20.8. The molecule has 0 aliphatic heterocycles. The molecule has 220 valence electrons. The molecule has 0 fully saturated rings. The molecule has 10 heteroatoms. The van der Waals surface area contributed by atoms with Crippen molar-refractivity contribution in [3.63, 3.8) is 0 Å². The van der Waals surface area contributed by atoms with Gasteiger partial charge in [-0.05, 0) is 62.6 Å². The maximum absolute atomic E-state index is 13.9. The molecule has 0 spiro atoms. The lowest BCUT2D eigenvalue weighted by molar-refractivity contribution is -0.141. The molecule has 1 atom stereocenters. The monoisotopic (exact) mass is 617 g/mol. The van der Waals surface area contributed by atoms with Crippen LogP contribution in [0, 0.1) is 6.92 Å². The number of sulfonamides is 1. The highest BCUT2D eigenvalue weighted by atomic mass is 35.5. The molecule has 0 aromatic heterocycles. The quantitative estimate of drug-likeness (QED) is 0.254. The first kappa shape index (κ1) is 32.4. The van der Waals surface area contributed by atoms with Crippen LogP contribution in [0.1, 0.15) is 43.4 Å². The number of nitrogens with zero attached hydrogens (tertiary/aromatic N) is 2. The molecule has 3 aromatic rings. The predicted molar refractivity (Wildman–Crippen MR) is 167 cm³/mol. The molecule has 0 aliphatic carbocycles. The van der Waals surface area contributed by atoms with E-state index in [1.54, 1.807) is 30.3 Å². The molecule has 3 aromatic carbocycles. The minimum absolute atomic E-state index is 0.0311. The third-order valence-electron chi connectivity index (χ3n) is 6.53. The normalized spacial score (nSPS) is 12.2. The summed E-state index contributed by atoms with van der Waals surface area (Å²) in [7, 11) is -3.58. The fourth-order valence-corrected chi connectivity index (χ4v) is 5.92. The average Bonchev–Trinajstić information content (AvgIpc) is 2.90. The minimum atomic E-state index is -3.58. The van der Waals surface area contributed by atoms with E-state index in [1.165, 1.54) is 9.21 Å². The van der Waals surface area contributed by atoms with E-state index in [-0.39, 0.29) is 43.8 Å². The summed E-state index contributed by atoms with van der Waals surface area (Å²) in [4.78, 5) is 28.9. The lowest BCUT2D eigenvalue weighted by Crippen LogP contribution is -2.51. The largest absolute Gasteiger partial charge is 0.352 e. The predicted octanol–water partition coefficient (Wildman–Crippen LogP) is 6.01. The molecule has 0 aliphatic rings. The molecular weight excluding hydrogens is 581 g/mol. The third-order valence-corrected chi connectivity index (χ3v) is 8.31. The average molecular weight is 619 g/mol. The van der Waals surface area contributed by atoms with Crippen LogP contribution in [0.4, 0.5) is 5.69 Å². The number of nitrogens with one attached hydrogen (secondary N) is 1. The SMILES string of the molecule is Cc1ccc(N(CCCC(=O)N(Cc2ccc(Cl)cc2Cl)[C@H](Cc2ccccc2)C(=O)NC(C)C)S(C)(=O)=O)cc1. The topological polar surface area (TPSA) is 86.8 Å². The second-order valence-electron chi connectivity index (χ2n) is 10.4.